The van der Waals surface area contributed by atoms with Crippen molar-refractivity contribution in [3.8, 4) is 0 Å². The van der Waals surface area contributed by atoms with Crippen molar-refractivity contribution in [1.29, 1.82) is 0 Å². The van der Waals surface area contributed by atoms with E-state index in [1.54, 1.807) is 0 Å². The molecule has 0 aromatic rings. The van der Waals surface area contributed by atoms with Crippen molar-refractivity contribution >= 4 is 5.97 Å². The summed E-state index contributed by atoms with van der Waals surface area (Å²) in [4.78, 5) is 10.2. The van der Waals surface area contributed by atoms with Crippen LogP contribution in [0.1, 0.15) is 71.1 Å². The normalized spacial score (nSPS) is 18.6. The number of carboxylic acids is 1. The highest BCUT2D eigenvalue weighted by atomic mass is 16.6. The predicted octanol–water partition coefficient (Wildman–Crippen LogP) is 2.78. The molecule has 3 N–H and O–H groups in total. The minimum absolute atomic E-state index is 0.0278. The molecule has 2 saturated heterocycles. The zero-order valence-corrected chi connectivity index (χ0v) is 18.8. The first-order valence-corrected chi connectivity index (χ1v) is 11.5. The summed E-state index contributed by atoms with van der Waals surface area (Å²) in [5.74, 6) is -0.659. The summed E-state index contributed by atoms with van der Waals surface area (Å²) < 4.78 is 19.8. The molecule has 8 heteroatoms. The molecule has 2 aliphatic heterocycles. The maximum atomic E-state index is 10.2. The molecule has 0 aromatic carbocycles. The van der Waals surface area contributed by atoms with Gasteiger partial charge < -0.3 is 34.3 Å². The van der Waals surface area contributed by atoms with Gasteiger partial charge in [0.1, 0.15) is 12.2 Å². The lowest BCUT2D eigenvalue weighted by atomic mass is 10.1. The van der Waals surface area contributed by atoms with Gasteiger partial charge in [0.05, 0.1) is 52.9 Å². The van der Waals surface area contributed by atoms with Crippen molar-refractivity contribution in [2.24, 2.45) is 0 Å². The average molecular weight is 437 g/mol. The Morgan fingerprint density at radius 3 is 1.60 bits per heavy atom. The number of epoxide rings is 2. The first-order chi connectivity index (χ1) is 14.6. The summed E-state index contributed by atoms with van der Waals surface area (Å²) in [7, 11) is 0. The van der Waals surface area contributed by atoms with Crippen LogP contribution in [-0.2, 0) is 23.7 Å². The number of ether oxygens (including phenoxy) is 4. The molecule has 2 rings (SSSR count). The van der Waals surface area contributed by atoms with Gasteiger partial charge in [0, 0.05) is 6.42 Å². The lowest BCUT2D eigenvalue weighted by Gasteiger charge is -2.00. The van der Waals surface area contributed by atoms with Crippen molar-refractivity contribution in [1.82, 2.24) is 0 Å². The van der Waals surface area contributed by atoms with Crippen LogP contribution in [0.5, 0.6) is 0 Å². The molecule has 0 bridgehead atoms. The van der Waals surface area contributed by atoms with Crippen LogP contribution >= 0.6 is 0 Å². The van der Waals surface area contributed by atoms with Crippen LogP contribution in [0.25, 0.3) is 0 Å². The zero-order valence-electron chi connectivity index (χ0n) is 18.8. The third-order valence-corrected chi connectivity index (χ3v) is 4.38. The van der Waals surface area contributed by atoms with Gasteiger partial charge in [-0.25, -0.2) is 0 Å². The van der Waals surface area contributed by atoms with Crippen LogP contribution in [0.3, 0.4) is 0 Å². The molecule has 2 heterocycles. The molecule has 0 spiro atoms. The zero-order chi connectivity index (χ0) is 22.3. The Hall–Kier alpha value is -0.770. The van der Waals surface area contributed by atoms with Gasteiger partial charge in [-0.05, 0) is 6.42 Å². The standard InChI is InChI=1S/C12H24O2.C6H10O3.C4H10O3/c1-2-3-4-5-6-7-8-9-10-11-12(13)14;1(5-3-8-5)7-2-6-4-9-6;5-1-3-7-4-2-6/h2-11H2,1H3,(H,13,14);5-6H,1-4H2;5-6H,1-4H2. The highest BCUT2D eigenvalue weighted by Crippen LogP contribution is 2.12. The summed E-state index contributed by atoms with van der Waals surface area (Å²) in [6.45, 7) is 6.18. The maximum Gasteiger partial charge on any atom is 0.303 e. The van der Waals surface area contributed by atoms with Crippen LogP contribution in [-0.4, -0.2) is 86.4 Å². The van der Waals surface area contributed by atoms with Gasteiger partial charge in [0.15, 0.2) is 0 Å². The Morgan fingerprint density at radius 1 is 0.800 bits per heavy atom. The third-order valence-electron chi connectivity index (χ3n) is 4.38. The number of aliphatic hydroxyl groups excluding tert-OH is 2. The molecule has 0 aromatic heterocycles. The maximum absolute atomic E-state index is 10.2. The number of rotatable bonds is 18. The van der Waals surface area contributed by atoms with Crippen LogP contribution in [0.2, 0.25) is 0 Å². The summed E-state index contributed by atoms with van der Waals surface area (Å²) in [5, 5.41) is 24.6. The largest absolute Gasteiger partial charge is 0.481 e. The molecular formula is C22H44O8. The van der Waals surface area contributed by atoms with Gasteiger partial charge in [-0.15, -0.1) is 0 Å². The van der Waals surface area contributed by atoms with Crippen LogP contribution < -0.4 is 0 Å². The first kappa shape index (κ1) is 29.2. The second kappa shape index (κ2) is 22.9. The number of hydrogen-bond acceptors (Lipinski definition) is 7. The lowest BCUT2D eigenvalue weighted by molar-refractivity contribution is -0.137. The fourth-order valence-corrected chi connectivity index (χ4v) is 2.48. The highest BCUT2D eigenvalue weighted by molar-refractivity contribution is 5.66. The smallest absolute Gasteiger partial charge is 0.303 e. The molecule has 2 unspecified atom stereocenters. The van der Waals surface area contributed by atoms with E-state index in [9.17, 15) is 4.79 Å². The van der Waals surface area contributed by atoms with Gasteiger partial charge in [-0.2, -0.15) is 0 Å². The van der Waals surface area contributed by atoms with Crippen LogP contribution in [0.15, 0.2) is 0 Å². The van der Waals surface area contributed by atoms with Gasteiger partial charge in [0.2, 0.25) is 0 Å². The van der Waals surface area contributed by atoms with E-state index in [0.29, 0.717) is 31.8 Å². The summed E-state index contributed by atoms with van der Waals surface area (Å²) >= 11 is 0. The SMILES string of the molecule is C(OCC1CO1)C1CO1.CCCCCCCCCCCC(=O)O.OCCOCCO. The molecular weight excluding hydrogens is 392 g/mol. The molecule has 30 heavy (non-hydrogen) atoms. The van der Waals surface area contributed by atoms with Crippen molar-refractivity contribution < 1.29 is 39.1 Å². The molecule has 0 radical (unpaired) electrons. The fourth-order valence-electron chi connectivity index (χ4n) is 2.48. The number of aliphatic carboxylic acids is 1. The Labute approximate surface area is 181 Å². The quantitative estimate of drug-likeness (QED) is 0.221. The number of carboxylic acid groups (broad SMARTS) is 1. The van der Waals surface area contributed by atoms with Gasteiger partial charge in [-0.1, -0.05) is 58.3 Å². The summed E-state index contributed by atoms with van der Waals surface area (Å²) in [6, 6.07) is 0. The van der Waals surface area contributed by atoms with Crippen LogP contribution in [0.4, 0.5) is 0 Å². The number of aliphatic hydroxyl groups is 2. The van der Waals surface area contributed by atoms with E-state index in [1.165, 1.54) is 44.9 Å². The van der Waals surface area contributed by atoms with Crippen molar-refractivity contribution in [3.63, 3.8) is 0 Å². The van der Waals surface area contributed by atoms with E-state index in [0.717, 1.165) is 39.3 Å². The Kier molecular flexibility index (Phi) is 22.3. The topological polar surface area (TPSA) is 121 Å². The molecule has 180 valence electrons. The summed E-state index contributed by atoms with van der Waals surface area (Å²) in [6.07, 6.45) is 12.3. The fraction of sp³-hybridized carbons (Fsp3) is 0.955. The first-order valence-electron chi connectivity index (χ1n) is 11.5. The highest BCUT2D eigenvalue weighted by Gasteiger charge is 2.26. The molecule has 2 aliphatic rings. The molecule has 0 amide bonds. The predicted molar refractivity (Wildman–Crippen MR) is 115 cm³/mol. The van der Waals surface area contributed by atoms with Gasteiger partial charge in [0.25, 0.3) is 0 Å². The minimum atomic E-state index is -0.659. The molecule has 8 nitrogen and oxygen atoms in total. The Bertz CT molecular complexity index is 343. The van der Waals surface area contributed by atoms with E-state index in [2.05, 4.69) is 11.7 Å². The summed E-state index contributed by atoms with van der Waals surface area (Å²) in [5.41, 5.74) is 0. The van der Waals surface area contributed by atoms with E-state index in [4.69, 9.17) is 29.5 Å². The Morgan fingerprint density at radius 2 is 1.23 bits per heavy atom. The van der Waals surface area contributed by atoms with Crippen LogP contribution in [0, 0.1) is 0 Å². The van der Waals surface area contributed by atoms with E-state index in [1.807, 2.05) is 0 Å². The van der Waals surface area contributed by atoms with E-state index in [-0.39, 0.29) is 13.2 Å². The Balaban J connectivity index is 0.000000449. The molecule has 2 fully saturated rings. The average Bonchev–Trinajstić information content (AvgIpc) is 3.64. The van der Waals surface area contributed by atoms with E-state index >= 15 is 0 Å². The minimum Gasteiger partial charge on any atom is -0.481 e. The number of carbonyl (C=O) groups is 1. The molecule has 0 saturated carbocycles. The second-order valence-corrected chi connectivity index (χ2v) is 7.48. The molecule has 2 atom stereocenters. The van der Waals surface area contributed by atoms with E-state index < -0.39 is 5.97 Å². The monoisotopic (exact) mass is 436 g/mol. The van der Waals surface area contributed by atoms with Crippen molar-refractivity contribution in [3.05, 3.63) is 0 Å². The van der Waals surface area contributed by atoms with Gasteiger partial charge >= 0.3 is 5.97 Å². The van der Waals surface area contributed by atoms with Gasteiger partial charge in [-0.3, -0.25) is 4.79 Å². The number of hydrogen-bond donors (Lipinski definition) is 3. The van der Waals surface area contributed by atoms with Crippen molar-refractivity contribution in [2.45, 2.75) is 83.3 Å². The van der Waals surface area contributed by atoms with Crippen molar-refractivity contribution in [2.75, 3.05) is 52.9 Å². The third kappa shape index (κ3) is 27.2. The number of unbranched alkanes of at least 4 members (excludes halogenated alkanes) is 8. The second-order valence-electron chi connectivity index (χ2n) is 7.48. The lowest BCUT2D eigenvalue weighted by Crippen LogP contribution is -2.06. The molecule has 0 aliphatic carbocycles.